The van der Waals surface area contributed by atoms with Gasteiger partial charge >= 0.3 is 5.97 Å². The standard InChI is InChI=1S/C14H16FNO3S/c1-8-16(11(13(18)19)14(2,3)20-8)12(17)9-4-6-10(15)7-5-9/h4-8,11H,1-3H3,(H,18,19)/t8-,11+/m1/s1. The van der Waals surface area contributed by atoms with Crippen LogP contribution in [0, 0.1) is 5.82 Å². The van der Waals surface area contributed by atoms with E-state index in [1.807, 2.05) is 13.8 Å². The van der Waals surface area contributed by atoms with Crippen LogP contribution in [0.25, 0.3) is 0 Å². The number of halogens is 1. The van der Waals surface area contributed by atoms with Crippen LogP contribution in [-0.4, -0.2) is 38.0 Å². The number of aliphatic carboxylic acids is 1. The Kier molecular flexibility index (Phi) is 3.77. The van der Waals surface area contributed by atoms with E-state index in [0.717, 1.165) is 0 Å². The van der Waals surface area contributed by atoms with E-state index in [-0.39, 0.29) is 11.3 Å². The Morgan fingerprint density at radius 3 is 2.35 bits per heavy atom. The minimum Gasteiger partial charge on any atom is -0.480 e. The molecule has 0 saturated carbocycles. The van der Waals surface area contributed by atoms with Crippen LogP contribution in [0.3, 0.4) is 0 Å². The van der Waals surface area contributed by atoms with Gasteiger partial charge in [-0.05, 0) is 45.0 Å². The molecule has 0 aromatic heterocycles. The van der Waals surface area contributed by atoms with Gasteiger partial charge in [0.05, 0.1) is 5.37 Å². The summed E-state index contributed by atoms with van der Waals surface area (Å²) in [5.74, 6) is -1.84. The van der Waals surface area contributed by atoms with Gasteiger partial charge < -0.3 is 10.0 Å². The summed E-state index contributed by atoms with van der Waals surface area (Å²) in [5.41, 5.74) is 0.294. The summed E-state index contributed by atoms with van der Waals surface area (Å²) in [5, 5.41) is 9.16. The number of carboxylic acids is 1. The van der Waals surface area contributed by atoms with Crippen molar-refractivity contribution in [2.24, 2.45) is 0 Å². The van der Waals surface area contributed by atoms with Crippen molar-refractivity contribution in [3.63, 3.8) is 0 Å². The maximum Gasteiger partial charge on any atom is 0.327 e. The number of carboxylic acid groups (broad SMARTS) is 1. The zero-order valence-corrected chi connectivity index (χ0v) is 12.3. The summed E-state index contributed by atoms with van der Waals surface area (Å²) < 4.78 is 12.3. The fourth-order valence-electron chi connectivity index (χ4n) is 2.55. The maximum atomic E-state index is 12.9. The number of carbonyl (C=O) groups excluding carboxylic acids is 1. The van der Waals surface area contributed by atoms with Crippen LogP contribution < -0.4 is 0 Å². The van der Waals surface area contributed by atoms with Gasteiger partial charge in [-0.3, -0.25) is 4.79 Å². The Morgan fingerprint density at radius 1 is 1.30 bits per heavy atom. The van der Waals surface area contributed by atoms with Gasteiger partial charge in [-0.2, -0.15) is 0 Å². The minimum absolute atomic E-state index is 0.247. The number of thioether (sulfide) groups is 1. The third-order valence-electron chi connectivity index (χ3n) is 3.36. The van der Waals surface area contributed by atoms with E-state index in [0.29, 0.717) is 5.56 Å². The fourth-order valence-corrected chi connectivity index (χ4v) is 4.10. The van der Waals surface area contributed by atoms with Gasteiger partial charge in [0.1, 0.15) is 11.9 Å². The summed E-state index contributed by atoms with van der Waals surface area (Å²) in [6.07, 6.45) is 0. The van der Waals surface area contributed by atoms with Crippen LogP contribution in [0.15, 0.2) is 24.3 Å². The van der Waals surface area contributed by atoms with E-state index in [1.54, 1.807) is 6.92 Å². The molecule has 1 aromatic carbocycles. The van der Waals surface area contributed by atoms with Crippen molar-refractivity contribution < 1.29 is 19.1 Å². The zero-order valence-electron chi connectivity index (χ0n) is 11.5. The molecule has 0 unspecified atom stereocenters. The van der Waals surface area contributed by atoms with Gasteiger partial charge in [0, 0.05) is 10.3 Å². The molecular weight excluding hydrogens is 281 g/mol. The van der Waals surface area contributed by atoms with Crippen LogP contribution >= 0.6 is 11.8 Å². The molecule has 1 aliphatic heterocycles. The highest BCUT2D eigenvalue weighted by molar-refractivity contribution is 8.01. The second-order valence-corrected chi connectivity index (χ2v) is 7.25. The Labute approximate surface area is 121 Å². The third-order valence-corrected chi connectivity index (χ3v) is 4.76. The molecule has 0 bridgehead atoms. The van der Waals surface area contributed by atoms with Gasteiger partial charge in [-0.25, -0.2) is 9.18 Å². The first-order valence-corrected chi connectivity index (χ1v) is 7.11. The quantitative estimate of drug-likeness (QED) is 0.911. The van der Waals surface area contributed by atoms with Crippen LogP contribution in [0.2, 0.25) is 0 Å². The van der Waals surface area contributed by atoms with Gasteiger partial charge in [-0.1, -0.05) is 0 Å². The summed E-state index contributed by atoms with van der Waals surface area (Å²) in [6, 6.07) is 4.24. The smallest absolute Gasteiger partial charge is 0.327 e. The molecule has 4 nitrogen and oxygen atoms in total. The van der Waals surface area contributed by atoms with E-state index in [4.69, 9.17) is 0 Å². The van der Waals surface area contributed by atoms with E-state index >= 15 is 0 Å². The minimum atomic E-state index is -1.03. The second-order valence-electron chi connectivity index (χ2n) is 5.28. The fraction of sp³-hybridized carbons (Fsp3) is 0.429. The van der Waals surface area contributed by atoms with Crippen molar-refractivity contribution in [1.29, 1.82) is 0 Å². The van der Waals surface area contributed by atoms with Crippen molar-refractivity contribution >= 4 is 23.6 Å². The normalized spacial score (nSPS) is 24.7. The number of rotatable bonds is 2. The molecule has 0 spiro atoms. The first kappa shape index (κ1) is 14.8. The molecule has 1 N–H and O–H groups in total. The lowest BCUT2D eigenvalue weighted by atomic mass is 10.0. The highest BCUT2D eigenvalue weighted by atomic mass is 32.2. The number of benzene rings is 1. The second kappa shape index (κ2) is 5.09. The summed E-state index contributed by atoms with van der Waals surface area (Å²) in [6.45, 7) is 5.42. The number of hydrogen-bond donors (Lipinski definition) is 1. The molecule has 1 aromatic rings. The maximum absolute atomic E-state index is 12.9. The predicted octanol–water partition coefficient (Wildman–Crippen LogP) is 2.59. The Hall–Kier alpha value is -1.56. The third kappa shape index (κ3) is 2.52. The largest absolute Gasteiger partial charge is 0.480 e. The zero-order chi connectivity index (χ0) is 15.1. The first-order valence-electron chi connectivity index (χ1n) is 6.23. The Morgan fingerprint density at radius 2 is 1.85 bits per heavy atom. The summed E-state index contributed by atoms with van der Waals surface area (Å²) in [7, 11) is 0. The molecule has 1 aliphatic rings. The Bertz CT molecular complexity index is 544. The molecule has 2 atom stereocenters. The first-order chi connectivity index (χ1) is 9.24. The van der Waals surface area contributed by atoms with Crippen molar-refractivity contribution in [1.82, 2.24) is 4.90 Å². The van der Waals surface area contributed by atoms with E-state index < -0.39 is 22.6 Å². The summed E-state index contributed by atoms with van der Waals surface area (Å²) in [4.78, 5) is 25.4. The number of amides is 1. The molecule has 6 heteroatoms. The molecule has 2 rings (SSSR count). The number of hydrogen-bond acceptors (Lipinski definition) is 3. The highest BCUT2D eigenvalue weighted by Crippen LogP contribution is 2.44. The molecule has 20 heavy (non-hydrogen) atoms. The highest BCUT2D eigenvalue weighted by Gasteiger charge is 2.51. The van der Waals surface area contributed by atoms with Crippen LogP contribution in [0.4, 0.5) is 4.39 Å². The van der Waals surface area contributed by atoms with Crippen LogP contribution in [0.1, 0.15) is 31.1 Å². The number of nitrogens with zero attached hydrogens (tertiary/aromatic N) is 1. The molecule has 0 aliphatic carbocycles. The lowest BCUT2D eigenvalue weighted by molar-refractivity contribution is -0.142. The SMILES string of the molecule is C[C@H]1SC(C)(C)[C@H](C(=O)O)N1C(=O)c1ccc(F)cc1. The molecular formula is C14H16FNO3S. The summed E-state index contributed by atoms with van der Waals surface area (Å²) >= 11 is 1.44. The van der Waals surface area contributed by atoms with Gasteiger partial charge in [0.25, 0.3) is 5.91 Å². The molecule has 108 valence electrons. The molecule has 1 amide bonds. The van der Waals surface area contributed by atoms with Crippen LogP contribution in [-0.2, 0) is 4.79 Å². The van der Waals surface area contributed by atoms with Crippen molar-refractivity contribution in [3.05, 3.63) is 35.6 Å². The molecule has 1 heterocycles. The average Bonchev–Trinajstić information content (AvgIpc) is 2.58. The van der Waals surface area contributed by atoms with Gasteiger partial charge in [0.15, 0.2) is 0 Å². The predicted molar refractivity (Wildman–Crippen MR) is 75.1 cm³/mol. The lowest BCUT2D eigenvalue weighted by Gasteiger charge is -2.29. The van der Waals surface area contributed by atoms with E-state index in [1.165, 1.54) is 40.9 Å². The molecule has 0 radical (unpaired) electrons. The molecule has 1 saturated heterocycles. The van der Waals surface area contributed by atoms with Crippen molar-refractivity contribution in [3.8, 4) is 0 Å². The van der Waals surface area contributed by atoms with Gasteiger partial charge in [-0.15, -0.1) is 11.8 Å². The number of carbonyl (C=O) groups is 2. The Balaban J connectivity index is 2.36. The monoisotopic (exact) mass is 297 g/mol. The van der Waals surface area contributed by atoms with Gasteiger partial charge in [0.2, 0.25) is 0 Å². The topological polar surface area (TPSA) is 57.6 Å². The average molecular weight is 297 g/mol. The lowest BCUT2D eigenvalue weighted by Crippen LogP contribution is -2.50. The van der Waals surface area contributed by atoms with Crippen molar-refractivity contribution in [2.75, 3.05) is 0 Å². The molecule has 1 fully saturated rings. The van der Waals surface area contributed by atoms with E-state index in [9.17, 15) is 19.1 Å². The van der Waals surface area contributed by atoms with Crippen LogP contribution in [0.5, 0.6) is 0 Å². The van der Waals surface area contributed by atoms with E-state index in [2.05, 4.69) is 0 Å². The van der Waals surface area contributed by atoms with Crippen molar-refractivity contribution in [2.45, 2.75) is 36.9 Å².